The molecule has 1 saturated heterocycles. The number of benzene rings is 1. The quantitative estimate of drug-likeness (QED) is 0.819. The standard InChI is InChI=1S/C17H26NOP/c1-13-9-8-10-14(2)16(13)18-17(19)15(3)20(4)11-6-5-7-12-20/h8-10,15H,5-7,11-12H2,1-4H3/p+1. The molecule has 0 bridgehead atoms. The van der Waals surface area contributed by atoms with Gasteiger partial charge in [0, 0.05) is 19.6 Å². The van der Waals surface area contributed by atoms with Crippen molar-refractivity contribution < 1.29 is 4.79 Å². The van der Waals surface area contributed by atoms with E-state index in [2.05, 4.69) is 44.9 Å². The van der Waals surface area contributed by atoms with Gasteiger partial charge in [-0.1, -0.05) is 18.2 Å². The van der Waals surface area contributed by atoms with Crippen molar-refractivity contribution in [3.63, 3.8) is 0 Å². The Labute approximate surface area is 123 Å². The summed E-state index contributed by atoms with van der Waals surface area (Å²) in [4.78, 5) is 12.6. The van der Waals surface area contributed by atoms with Gasteiger partial charge >= 0.3 is 0 Å². The molecule has 1 aliphatic heterocycles. The molecule has 1 heterocycles. The molecule has 3 heteroatoms. The Bertz CT molecular complexity index is 472. The van der Waals surface area contributed by atoms with E-state index in [0.29, 0.717) is 0 Å². The van der Waals surface area contributed by atoms with Crippen LogP contribution in [0.2, 0.25) is 0 Å². The number of rotatable bonds is 3. The van der Waals surface area contributed by atoms with Crippen molar-refractivity contribution in [1.29, 1.82) is 0 Å². The Morgan fingerprint density at radius 3 is 2.25 bits per heavy atom. The normalized spacial score (nSPS) is 19.4. The van der Waals surface area contributed by atoms with E-state index in [9.17, 15) is 4.79 Å². The molecule has 1 fully saturated rings. The molecular weight excluding hydrogens is 265 g/mol. The summed E-state index contributed by atoms with van der Waals surface area (Å²) in [7, 11) is -1.09. The van der Waals surface area contributed by atoms with Crippen molar-refractivity contribution in [1.82, 2.24) is 0 Å². The smallest absolute Gasteiger partial charge is 0.264 e. The first-order valence-electron chi connectivity index (χ1n) is 7.65. The van der Waals surface area contributed by atoms with E-state index in [-0.39, 0.29) is 11.6 Å². The molecule has 110 valence electrons. The van der Waals surface area contributed by atoms with Crippen LogP contribution in [0, 0.1) is 13.8 Å². The molecule has 0 aliphatic carbocycles. The molecule has 1 aromatic rings. The molecular formula is C17H27NOP+. The van der Waals surface area contributed by atoms with Crippen molar-refractivity contribution in [2.45, 2.75) is 45.7 Å². The molecule has 1 N–H and O–H groups in total. The fourth-order valence-electron chi connectivity index (χ4n) is 3.14. The van der Waals surface area contributed by atoms with Gasteiger partial charge in [0.1, 0.15) is 5.66 Å². The Morgan fingerprint density at radius 2 is 1.70 bits per heavy atom. The van der Waals surface area contributed by atoms with Gasteiger partial charge in [-0.3, -0.25) is 4.79 Å². The van der Waals surface area contributed by atoms with Gasteiger partial charge < -0.3 is 5.32 Å². The third-order valence-electron chi connectivity index (χ3n) is 4.88. The molecule has 2 rings (SSSR count). The average molecular weight is 292 g/mol. The van der Waals surface area contributed by atoms with Crippen molar-refractivity contribution >= 4 is 18.9 Å². The van der Waals surface area contributed by atoms with Crippen LogP contribution in [0.5, 0.6) is 0 Å². The molecule has 0 spiro atoms. The van der Waals surface area contributed by atoms with Crippen LogP contribution >= 0.6 is 7.26 Å². The number of carbonyl (C=O) groups is 1. The highest BCUT2D eigenvalue weighted by molar-refractivity contribution is 7.76. The fourth-order valence-corrected chi connectivity index (χ4v) is 6.67. The van der Waals surface area contributed by atoms with Gasteiger partial charge in [0.2, 0.25) is 0 Å². The maximum Gasteiger partial charge on any atom is 0.264 e. The second kappa shape index (κ2) is 6.26. The maximum absolute atomic E-state index is 12.6. The minimum absolute atomic E-state index is 0.182. The number of para-hydroxylation sites is 1. The number of aryl methyl sites for hydroxylation is 2. The van der Waals surface area contributed by atoms with Crippen LogP contribution in [0.15, 0.2) is 18.2 Å². The van der Waals surface area contributed by atoms with E-state index in [1.165, 1.54) is 31.6 Å². The molecule has 0 aromatic heterocycles. The summed E-state index contributed by atoms with van der Waals surface area (Å²) in [5.41, 5.74) is 3.49. The third kappa shape index (κ3) is 3.23. The summed E-state index contributed by atoms with van der Waals surface area (Å²) in [6.07, 6.45) is 6.54. The van der Waals surface area contributed by atoms with Gasteiger partial charge in [0.15, 0.2) is 0 Å². The molecule has 1 aromatic carbocycles. The first-order valence-corrected chi connectivity index (χ1v) is 10.3. The van der Waals surface area contributed by atoms with Crippen LogP contribution in [-0.4, -0.2) is 30.6 Å². The Hall–Kier alpha value is -0.880. The predicted molar refractivity (Wildman–Crippen MR) is 90.4 cm³/mol. The molecule has 1 aliphatic rings. The van der Waals surface area contributed by atoms with E-state index in [1.807, 2.05) is 6.07 Å². The second-order valence-electron chi connectivity index (χ2n) is 6.42. The second-order valence-corrected chi connectivity index (χ2v) is 11.0. The van der Waals surface area contributed by atoms with Gasteiger partial charge in [-0.2, -0.15) is 0 Å². The maximum atomic E-state index is 12.6. The van der Waals surface area contributed by atoms with E-state index < -0.39 is 7.26 Å². The third-order valence-corrected chi connectivity index (χ3v) is 9.66. The van der Waals surface area contributed by atoms with Crippen molar-refractivity contribution in [2.24, 2.45) is 0 Å². The lowest BCUT2D eigenvalue weighted by Gasteiger charge is -2.32. The van der Waals surface area contributed by atoms with Gasteiger partial charge in [-0.05, 0) is 51.2 Å². The topological polar surface area (TPSA) is 29.1 Å². The van der Waals surface area contributed by atoms with Gasteiger partial charge in [0.25, 0.3) is 5.91 Å². The zero-order valence-corrected chi connectivity index (χ0v) is 14.1. The SMILES string of the molecule is Cc1cccc(C)c1NC(=O)C(C)[P+]1(C)CCCCC1. The van der Waals surface area contributed by atoms with E-state index in [1.54, 1.807) is 0 Å². The fraction of sp³-hybridized carbons (Fsp3) is 0.588. The summed E-state index contributed by atoms with van der Waals surface area (Å²) in [6, 6.07) is 6.16. The van der Waals surface area contributed by atoms with Crippen molar-refractivity contribution in [3.8, 4) is 0 Å². The molecule has 2 nitrogen and oxygen atoms in total. The number of hydrogen-bond acceptors (Lipinski definition) is 1. The summed E-state index contributed by atoms with van der Waals surface area (Å²) < 4.78 is 0. The minimum Gasteiger partial charge on any atom is -0.322 e. The number of hydrogen-bond donors (Lipinski definition) is 1. The van der Waals surface area contributed by atoms with Crippen LogP contribution in [0.25, 0.3) is 0 Å². The molecule has 0 saturated carbocycles. The Kier molecular flexibility index (Phi) is 4.86. The van der Waals surface area contributed by atoms with Crippen LogP contribution in [0.4, 0.5) is 5.69 Å². The number of carbonyl (C=O) groups excluding carboxylic acids is 1. The van der Waals surface area contributed by atoms with Crippen LogP contribution in [-0.2, 0) is 4.79 Å². The molecule has 20 heavy (non-hydrogen) atoms. The molecule has 1 unspecified atom stereocenters. The van der Waals surface area contributed by atoms with Crippen LogP contribution in [0.3, 0.4) is 0 Å². The first kappa shape index (κ1) is 15.5. The highest BCUT2D eigenvalue weighted by Crippen LogP contribution is 2.62. The molecule has 0 radical (unpaired) electrons. The van der Waals surface area contributed by atoms with E-state index in [4.69, 9.17) is 0 Å². The first-order chi connectivity index (χ1) is 9.44. The Morgan fingerprint density at radius 1 is 1.15 bits per heavy atom. The van der Waals surface area contributed by atoms with Crippen molar-refractivity contribution in [2.75, 3.05) is 24.3 Å². The average Bonchev–Trinajstić information content (AvgIpc) is 2.43. The predicted octanol–water partition coefficient (Wildman–Crippen LogP) is 4.46. The lowest BCUT2D eigenvalue weighted by atomic mass is 10.1. The van der Waals surface area contributed by atoms with E-state index >= 15 is 0 Å². The van der Waals surface area contributed by atoms with E-state index in [0.717, 1.165) is 16.8 Å². The van der Waals surface area contributed by atoms with Gasteiger partial charge in [-0.15, -0.1) is 0 Å². The zero-order chi connectivity index (χ0) is 14.8. The number of anilines is 1. The summed E-state index contributed by atoms with van der Waals surface area (Å²) in [6.45, 7) is 8.65. The lowest BCUT2D eigenvalue weighted by Crippen LogP contribution is -2.31. The number of nitrogens with one attached hydrogen (secondary N) is 1. The summed E-state index contributed by atoms with van der Waals surface area (Å²) >= 11 is 0. The van der Waals surface area contributed by atoms with Crippen LogP contribution in [0.1, 0.15) is 37.3 Å². The monoisotopic (exact) mass is 292 g/mol. The summed E-state index contributed by atoms with van der Waals surface area (Å²) in [5, 5.41) is 3.19. The minimum atomic E-state index is -1.09. The highest BCUT2D eigenvalue weighted by atomic mass is 31.2. The zero-order valence-electron chi connectivity index (χ0n) is 13.2. The molecule has 1 atom stereocenters. The van der Waals surface area contributed by atoms with Gasteiger partial charge in [0.05, 0.1) is 12.3 Å². The van der Waals surface area contributed by atoms with Crippen molar-refractivity contribution in [3.05, 3.63) is 29.3 Å². The van der Waals surface area contributed by atoms with Crippen LogP contribution < -0.4 is 5.32 Å². The lowest BCUT2D eigenvalue weighted by molar-refractivity contribution is -0.115. The van der Waals surface area contributed by atoms with Gasteiger partial charge in [-0.25, -0.2) is 0 Å². The highest BCUT2D eigenvalue weighted by Gasteiger charge is 2.43. The summed E-state index contributed by atoms with van der Waals surface area (Å²) in [5.74, 6) is 0.222. The largest absolute Gasteiger partial charge is 0.322 e. The number of amides is 1. The molecule has 1 amide bonds. The Balaban J connectivity index is 2.11.